The number of carbonyl (C=O) groups is 1. The molecule has 0 aromatic heterocycles. The summed E-state index contributed by atoms with van der Waals surface area (Å²) in [6, 6.07) is 14.0. The molecule has 0 radical (unpaired) electrons. The normalized spacial score (nSPS) is 8.94. The highest BCUT2D eigenvalue weighted by atomic mass is 17.1. The van der Waals surface area contributed by atoms with Crippen LogP contribution in [-0.2, 0) is 4.89 Å². The van der Waals surface area contributed by atoms with Crippen LogP contribution in [0.3, 0.4) is 0 Å². The molecule has 0 heterocycles. The second kappa shape index (κ2) is 6.93. The highest BCUT2D eigenvalue weighted by molar-refractivity contribution is 5.88. The maximum absolute atomic E-state index is 10.5. The van der Waals surface area contributed by atoms with E-state index < -0.39 is 5.97 Å². The van der Waals surface area contributed by atoms with Crippen molar-refractivity contribution in [3.05, 3.63) is 60.2 Å². The molecular weight excluding hydrogens is 236 g/mol. The predicted octanol–water partition coefficient (Wildman–Crippen LogP) is 2.41. The first-order valence-electron chi connectivity index (χ1n) is 5.02. The molecule has 0 fully saturated rings. The molecule has 0 aliphatic heterocycles. The van der Waals surface area contributed by atoms with E-state index in [1.807, 2.05) is 0 Å². The smallest absolute Gasteiger partial charge is 0.372 e. The minimum Gasteiger partial charge on any atom is -0.508 e. The summed E-state index contributed by atoms with van der Waals surface area (Å²) >= 11 is 0. The summed E-state index contributed by atoms with van der Waals surface area (Å²) in [5, 5.41) is 25.2. The number of carbonyl (C=O) groups excluding carboxylic acids is 1. The lowest BCUT2D eigenvalue weighted by molar-refractivity contribution is -0.182. The average Bonchev–Trinajstić information content (AvgIpc) is 2.43. The zero-order valence-electron chi connectivity index (χ0n) is 9.35. The molecule has 2 aromatic rings. The van der Waals surface area contributed by atoms with Crippen LogP contribution < -0.4 is 0 Å². The van der Waals surface area contributed by atoms with Crippen LogP contribution in [0.5, 0.6) is 11.5 Å². The fourth-order valence-corrected chi connectivity index (χ4v) is 1.08. The SMILES string of the molecule is O=C(OO)c1ccccc1.Oc1ccc(O)cc1. The van der Waals surface area contributed by atoms with Crippen molar-refractivity contribution in [3.8, 4) is 11.5 Å². The third-order valence-electron chi connectivity index (χ3n) is 1.94. The Kier molecular flexibility index (Phi) is 5.21. The first-order valence-corrected chi connectivity index (χ1v) is 5.02. The summed E-state index contributed by atoms with van der Waals surface area (Å²) in [6.07, 6.45) is 0. The van der Waals surface area contributed by atoms with Crippen LogP contribution >= 0.6 is 0 Å². The molecule has 0 bridgehead atoms. The minimum absolute atomic E-state index is 0.169. The van der Waals surface area contributed by atoms with Gasteiger partial charge in [0, 0.05) is 0 Å². The van der Waals surface area contributed by atoms with Gasteiger partial charge >= 0.3 is 5.97 Å². The first kappa shape index (κ1) is 13.5. The van der Waals surface area contributed by atoms with Crippen molar-refractivity contribution in [1.29, 1.82) is 0 Å². The zero-order valence-corrected chi connectivity index (χ0v) is 9.35. The van der Waals surface area contributed by atoms with Crippen molar-refractivity contribution in [1.82, 2.24) is 0 Å². The van der Waals surface area contributed by atoms with Crippen molar-refractivity contribution < 1.29 is 25.2 Å². The van der Waals surface area contributed by atoms with Gasteiger partial charge in [0.1, 0.15) is 11.5 Å². The summed E-state index contributed by atoms with van der Waals surface area (Å²) < 4.78 is 0. The van der Waals surface area contributed by atoms with E-state index in [0.29, 0.717) is 5.56 Å². The Morgan fingerprint density at radius 1 is 0.833 bits per heavy atom. The number of hydrogen-bond donors (Lipinski definition) is 3. The molecule has 0 spiro atoms. The van der Waals surface area contributed by atoms with Gasteiger partial charge in [-0.2, -0.15) is 5.26 Å². The fourth-order valence-electron chi connectivity index (χ4n) is 1.08. The Bertz CT molecular complexity index is 457. The number of hydrogen-bond acceptors (Lipinski definition) is 5. The van der Waals surface area contributed by atoms with Crippen molar-refractivity contribution in [2.75, 3.05) is 0 Å². The molecule has 3 N–H and O–H groups in total. The monoisotopic (exact) mass is 248 g/mol. The molecule has 0 amide bonds. The lowest BCUT2D eigenvalue weighted by Crippen LogP contribution is -2.00. The maximum atomic E-state index is 10.5. The number of phenols is 2. The van der Waals surface area contributed by atoms with Gasteiger partial charge in [0.15, 0.2) is 0 Å². The van der Waals surface area contributed by atoms with Gasteiger partial charge in [0.05, 0.1) is 5.56 Å². The number of aromatic hydroxyl groups is 2. The van der Waals surface area contributed by atoms with Crippen LogP contribution in [0.2, 0.25) is 0 Å². The minimum atomic E-state index is -0.736. The molecule has 18 heavy (non-hydrogen) atoms. The lowest BCUT2D eigenvalue weighted by Gasteiger charge is -1.92. The zero-order chi connectivity index (χ0) is 13.4. The van der Waals surface area contributed by atoms with Gasteiger partial charge in [-0.15, -0.1) is 0 Å². The van der Waals surface area contributed by atoms with Crippen molar-refractivity contribution in [3.63, 3.8) is 0 Å². The highest BCUT2D eigenvalue weighted by Crippen LogP contribution is 2.13. The van der Waals surface area contributed by atoms with Crippen LogP contribution in [0.4, 0.5) is 0 Å². The van der Waals surface area contributed by atoms with Crippen LogP contribution in [0.25, 0.3) is 0 Å². The second-order valence-electron chi connectivity index (χ2n) is 3.26. The van der Waals surface area contributed by atoms with E-state index in [9.17, 15) is 4.79 Å². The highest BCUT2D eigenvalue weighted by Gasteiger charge is 2.02. The second-order valence-corrected chi connectivity index (χ2v) is 3.26. The molecule has 0 saturated heterocycles. The summed E-state index contributed by atoms with van der Waals surface area (Å²) in [6.45, 7) is 0. The van der Waals surface area contributed by atoms with Crippen LogP contribution in [0.15, 0.2) is 54.6 Å². The first-order chi connectivity index (χ1) is 8.63. The summed E-state index contributed by atoms with van der Waals surface area (Å²) in [4.78, 5) is 14.0. The molecule has 5 nitrogen and oxygen atoms in total. The molecule has 0 aliphatic carbocycles. The molecule has 0 aliphatic rings. The van der Waals surface area contributed by atoms with E-state index in [1.165, 1.54) is 24.3 Å². The standard InChI is InChI=1S/C7H6O3.C6H6O2/c8-7(10-9)6-4-2-1-3-5-6;7-5-1-2-6(8)4-3-5/h1-5,9H;1-4,7-8H. The molecule has 0 unspecified atom stereocenters. The van der Waals surface area contributed by atoms with Crippen molar-refractivity contribution >= 4 is 5.97 Å². The van der Waals surface area contributed by atoms with Gasteiger partial charge in [-0.25, -0.2) is 4.79 Å². The average molecular weight is 248 g/mol. The Balaban J connectivity index is 0.000000184. The van der Waals surface area contributed by atoms with Gasteiger partial charge in [0.25, 0.3) is 0 Å². The summed E-state index contributed by atoms with van der Waals surface area (Å²) in [5.74, 6) is -0.397. The Labute approximate surface area is 103 Å². The Morgan fingerprint density at radius 2 is 1.28 bits per heavy atom. The van der Waals surface area contributed by atoms with Crippen LogP contribution in [0, 0.1) is 0 Å². The van der Waals surface area contributed by atoms with Crippen LogP contribution in [-0.4, -0.2) is 21.4 Å². The largest absolute Gasteiger partial charge is 0.508 e. The lowest BCUT2D eigenvalue weighted by atomic mass is 10.2. The van der Waals surface area contributed by atoms with Crippen molar-refractivity contribution in [2.45, 2.75) is 0 Å². The van der Waals surface area contributed by atoms with E-state index in [1.54, 1.807) is 30.3 Å². The summed E-state index contributed by atoms with van der Waals surface area (Å²) in [5.41, 5.74) is 0.338. The molecule has 2 rings (SSSR count). The third-order valence-corrected chi connectivity index (χ3v) is 1.94. The number of phenolic OH excluding ortho intramolecular Hbond substituents is 2. The fraction of sp³-hybridized carbons (Fsp3) is 0. The molecule has 0 atom stereocenters. The van der Waals surface area contributed by atoms with E-state index in [0.717, 1.165) is 0 Å². The topological polar surface area (TPSA) is 87.0 Å². The Morgan fingerprint density at radius 3 is 1.67 bits per heavy atom. The van der Waals surface area contributed by atoms with E-state index >= 15 is 0 Å². The Hall–Kier alpha value is -2.53. The van der Waals surface area contributed by atoms with Gasteiger partial charge in [-0.3, -0.25) is 4.89 Å². The van der Waals surface area contributed by atoms with E-state index in [4.69, 9.17) is 15.5 Å². The number of benzene rings is 2. The molecular formula is C13H12O5. The van der Waals surface area contributed by atoms with Crippen molar-refractivity contribution in [2.24, 2.45) is 0 Å². The van der Waals surface area contributed by atoms with Gasteiger partial charge < -0.3 is 10.2 Å². The summed E-state index contributed by atoms with van der Waals surface area (Å²) in [7, 11) is 0. The van der Waals surface area contributed by atoms with Gasteiger partial charge in [0.2, 0.25) is 0 Å². The third kappa shape index (κ3) is 4.54. The number of rotatable bonds is 1. The quantitative estimate of drug-likeness (QED) is 0.410. The predicted molar refractivity (Wildman–Crippen MR) is 64.3 cm³/mol. The van der Waals surface area contributed by atoms with Gasteiger partial charge in [-0.05, 0) is 36.4 Å². The molecule has 0 saturated carbocycles. The maximum Gasteiger partial charge on any atom is 0.372 e. The molecule has 2 aromatic carbocycles. The van der Waals surface area contributed by atoms with Crippen LogP contribution in [0.1, 0.15) is 10.4 Å². The molecule has 5 heteroatoms. The van der Waals surface area contributed by atoms with Gasteiger partial charge in [-0.1, -0.05) is 18.2 Å². The van der Waals surface area contributed by atoms with E-state index in [2.05, 4.69) is 4.89 Å². The van der Waals surface area contributed by atoms with E-state index in [-0.39, 0.29) is 11.5 Å². The molecule has 94 valence electrons.